The Morgan fingerprint density at radius 1 is 1.16 bits per heavy atom. The molecule has 0 spiro atoms. The van der Waals surface area contributed by atoms with E-state index in [0.717, 1.165) is 12.4 Å². The summed E-state index contributed by atoms with van der Waals surface area (Å²) in [5.74, 6) is 0.942. The number of amides is 1. The van der Waals surface area contributed by atoms with Gasteiger partial charge in [0.15, 0.2) is 5.82 Å². The first-order valence-corrected chi connectivity index (χ1v) is 7.78. The fraction of sp³-hybridized carbons (Fsp3) is 0.353. The molecule has 25 heavy (non-hydrogen) atoms. The van der Waals surface area contributed by atoms with Crippen LogP contribution < -0.4 is 19.3 Å². The van der Waals surface area contributed by atoms with E-state index in [1.807, 2.05) is 0 Å². The van der Waals surface area contributed by atoms with Gasteiger partial charge in [0.2, 0.25) is 11.9 Å². The maximum absolute atomic E-state index is 13.0. The lowest BCUT2D eigenvalue weighted by Gasteiger charge is -2.24. The Morgan fingerprint density at radius 3 is 2.32 bits per heavy atom. The highest BCUT2D eigenvalue weighted by Crippen LogP contribution is 2.32. The predicted molar refractivity (Wildman–Crippen MR) is 90.7 cm³/mol. The smallest absolute Gasteiger partial charge is 0.249 e. The summed E-state index contributed by atoms with van der Waals surface area (Å²) in [4.78, 5) is 24.1. The molecule has 1 atom stereocenters. The van der Waals surface area contributed by atoms with Gasteiger partial charge in [-0.2, -0.15) is 0 Å². The van der Waals surface area contributed by atoms with E-state index in [1.54, 1.807) is 49.3 Å². The molecule has 1 amide bonds. The van der Waals surface area contributed by atoms with Gasteiger partial charge in [-0.05, 0) is 6.42 Å². The summed E-state index contributed by atoms with van der Waals surface area (Å²) < 4.78 is 23.5. The van der Waals surface area contributed by atoms with Gasteiger partial charge in [-0.15, -0.1) is 0 Å². The van der Waals surface area contributed by atoms with Gasteiger partial charge in [0.1, 0.15) is 17.5 Å². The fourth-order valence-electron chi connectivity index (χ4n) is 2.86. The van der Waals surface area contributed by atoms with Crippen molar-refractivity contribution >= 4 is 17.5 Å². The van der Waals surface area contributed by atoms with Crippen LogP contribution in [-0.4, -0.2) is 49.7 Å². The predicted octanol–water partition coefficient (Wildman–Crippen LogP) is 1.87. The summed E-state index contributed by atoms with van der Waals surface area (Å²) in [6.07, 6.45) is 2.78. The van der Waals surface area contributed by atoms with Crippen LogP contribution in [0.15, 0.2) is 30.6 Å². The van der Waals surface area contributed by atoms with E-state index in [9.17, 15) is 9.18 Å². The van der Waals surface area contributed by atoms with Crippen LogP contribution in [0.2, 0.25) is 0 Å². The van der Waals surface area contributed by atoms with Gasteiger partial charge in [0, 0.05) is 31.8 Å². The molecule has 2 heterocycles. The lowest BCUT2D eigenvalue weighted by atomic mass is 10.2. The van der Waals surface area contributed by atoms with Crippen LogP contribution in [-0.2, 0) is 4.79 Å². The van der Waals surface area contributed by atoms with E-state index in [1.165, 1.54) is 0 Å². The molecular formula is C17H19FN4O3. The molecule has 7 nitrogen and oxygen atoms in total. The molecule has 0 unspecified atom stereocenters. The maximum Gasteiger partial charge on any atom is 0.249 e. The monoisotopic (exact) mass is 346 g/mol. The standard InChI is InChI=1S/C17H19FN4O3/c1-21(17-19-9-11(18)10-20-17)15-4-5-22(16(15)23)12-6-13(24-2)8-14(7-12)25-3/h6-10,15H,4-5H2,1-3H3/t15-/m1/s1. The van der Waals surface area contributed by atoms with E-state index in [4.69, 9.17) is 9.47 Å². The third kappa shape index (κ3) is 3.33. The number of nitrogens with zero attached hydrogens (tertiary/aromatic N) is 4. The summed E-state index contributed by atoms with van der Waals surface area (Å²) in [5.41, 5.74) is 0.706. The number of methoxy groups -OCH3 is 2. The van der Waals surface area contributed by atoms with Crippen LogP contribution in [0.3, 0.4) is 0 Å². The Kier molecular flexibility index (Phi) is 4.69. The third-order valence-electron chi connectivity index (χ3n) is 4.21. The van der Waals surface area contributed by atoms with Crippen molar-refractivity contribution in [2.24, 2.45) is 0 Å². The molecule has 0 bridgehead atoms. The Morgan fingerprint density at radius 2 is 1.76 bits per heavy atom. The van der Waals surface area contributed by atoms with Crippen LogP contribution in [0.1, 0.15) is 6.42 Å². The lowest BCUT2D eigenvalue weighted by molar-refractivity contribution is -0.118. The Balaban J connectivity index is 1.83. The van der Waals surface area contributed by atoms with Gasteiger partial charge < -0.3 is 19.3 Å². The van der Waals surface area contributed by atoms with E-state index in [2.05, 4.69) is 9.97 Å². The molecule has 8 heteroatoms. The number of halogens is 1. The molecule has 1 saturated heterocycles. The van der Waals surface area contributed by atoms with Gasteiger partial charge in [0.25, 0.3) is 0 Å². The number of hydrogen-bond donors (Lipinski definition) is 0. The van der Waals surface area contributed by atoms with Crippen molar-refractivity contribution in [2.75, 3.05) is 37.6 Å². The van der Waals surface area contributed by atoms with Gasteiger partial charge >= 0.3 is 0 Å². The number of carbonyl (C=O) groups is 1. The number of carbonyl (C=O) groups excluding carboxylic acids is 1. The quantitative estimate of drug-likeness (QED) is 0.823. The van der Waals surface area contributed by atoms with E-state index < -0.39 is 11.9 Å². The fourth-order valence-corrected chi connectivity index (χ4v) is 2.86. The van der Waals surface area contributed by atoms with Gasteiger partial charge in [0.05, 0.1) is 32.3 Å². The van der Waals surface area contributed by atoms with Crippen molar-refractivity contribution in [3.05, 3.63) is 36.4 Å². The van der Waals surface area contributed by atoms with Crippen molar-refractivity contribution in [2.45, 2.75) is 12.5 Å². The van der Waals surface area contributed by atoms with E-state index in [0.29, 0.717) is 36.1 Å². The summed E-state index contributed by atoms with van der Waals surface area (Å²) in [5, 5.41) is 0. The topological polar surface area (TPSA) is 67.8 Å². The minimum Gasteiger partial charge on any atom is -0.497 e. The number of hydrogen-bond acceptors (Lipinski definition) is 6. The number of likely N-dealkylation sites (N-methyl/N-ethyl adjacent to an activating group) is 1. The molecule has 1 fully saturated rings. The molecular weight excluding hydrogens is 327 g/mol. The second-order valence-electron chi connectivity index (χ2n) is 5.68. The molecule has 0 radical (unpaired) electrons. The minimum absolute atomic E-state index is 0.0780. The third-order valence-corrected chi connectivity index (χ3v) is 4.21. The normalized spacial score (nSPS) is 16.9. The second kappa shape index (κ2) is 6.92. The van der Waals surface area contributed by atoms with Crippen molar-refractivity contribution in [1.29, 1.82) is 0 Å². The zero-order valence-electron chi connectivity index (χ0n) is 14.3. The molecule has 0 aliphatic carbocycles. The molecule has 1 aliphatic heterocycles. The summed E-state index contributed by atoms with van der Waals surface area (Å²) in [6.45, 7) is 0.547. The van der Waals surface area contributed by atoms with Crippen LogP contribution in [0.4, 0.5) is 16.0 Å². The molecule has 1 aromatic carbocycles. The van der Waals surface area contributed by atoms with Crippen LogP contribution in [0, 0.1) is 5.82 Å². The van der Waals surface area contributed by atoms with Crippen molar-refractivity contribution in [1.82, 2.24) is 9.97 Å². The maximum atomic E-state index is 13.0. The van der Waals surface area contributed by atoms with Crippen LogP contribution in [0.5, 0.6) is 11.5 Å². The largest absolute Gasteiger partial charge is 0.497 e. The van der Waals surface area contributed by atoms with Crippen molar-refractivity contribution in [3.8, 4) is 11.5 Å². The molecule has 3 rings (SSSR count). The Bertz CT molecular complexity index is 747. The van der Waals surface area contributed by atoms with E-state index in [-0.39, 0.29) is 5.91 Å². The molecule has 1 aromatic heterocycles. The number of ether oxygens (including phenoxy) is 2. The first-order chi connectivity index (χ1) is 12.0. The SMILES string of the molecule is COc1cc(OC)cc(N2CC[C@@H](N(C)c3ncc(F)cn3)C2=O)c1. The number of aromatic nitrogens is 2. The molecule has 1 aliphatic rings. The first-order valence-electron chi connectivity index (χ1n) is 7.78. The van der Waals surface area contributed by atoms with Crippen LogP contribution in [0.25, 0.3) is 0 Å². The average Bonchev–Trinajstić information content (AvgIpc) is 3.02. The summed E-state index contributed by atoms with van der Waals surface area (Å²) in [7, 11) is 4.85. The van der Waals surface area contributed by atoms with Crippen molar-refractivity contribution < 1.29 is 18.7 Å². The lowest BCUT2D eigenvalue weighted by Crippen LogP contribution is -2.40. The number of benzene rings is 1. The highest BCUT2D eigenvalue weighted by Gasteiger charge is 2.36. The summed E-state index contributed by atoms with van der Waals surface area (Å²) >= 11 is 0. The Hall–Kier alpha value is -2.90. The number of rotatable bonds is 5. The summed E-state index contributed by atoms with van der Waals surface area (Å²) in [6, 6.07) is 4.91. The number of anilines is 2. The molecule has 0 N–H and O–H groups in total. The van der Waals surface area contributed by atoms with Gasteiger partial charge in [-0.3, -0.25) is 4.79 Å². The minimum atomic E-state index is -0.514. The second-order valence-corrected chi connectivity index (χ2v) is 5.68. The average molecular weight is 346 g/mol. The molecule has 132 valence electrons. The highest BCUT2D eigenvalue weighted by molar-refractivity contribution is 6.01. The van der Waals surface area contributed by atoms with Gasteiger partial charge in [-0.1, -0.05) is 0 Å². The zero-order chi connectivity index (χ0) is 18.0. The first kappa shape index (κ1) is 16.9. The van der Waals surface area contributed by atoms with E-state index >= 15 is 0 Å². The zero-order valence-corrected chi connectivity index (χ0v) is 14.3. The highest BCUT2D eigenvalue weighted by atomic mass is 19.1. The Labute approximate surface area is 145 Å². The van der Waals surface area contributed by atoms with Gasteiger partial charge in [-0.25, -0.2) is 14.4 Å². The molecule has 0 saturated carbocycles. The van der Waals surface area contributed by atoms with Crippen LogP contribution >= 0.6 is 0 Å². The molecule has 2 aromatic rings. The van der Waals surface area contributed by atoms with Crippen molar-refractivity contribution in [3.63, 3.8) is 0 Å².